The summed E-state index contributed by atoms with van der Waals surface area (Å²) >= 11 is 0. The van der Waals surface area contributed by atoms with Crippen LogP contribution in [0.4, 0.5) is 4.79 Å². The lowest BCUT2D eigenvalue weighted by molar-refractivity contribution is -0.121. The highest BCUT2D eigenvalue weighted by atomic mass is 16.2. The van der Waals surface area contributed by atoms with E-state index in [-0.39, 0.29) is 18.5 Å². The van der Waals surface area contributed by atoms with E-state index in [0.717, 1.165) is 12.8 Å². The molecule has 6 nitrogen and oxygen atoms in total. The second-order valence-electron chi connectivity index (χ2n) is 3.55. The van der Waals surface area contributed by atoms with Crippen LogP contribution in [0.2, 0.25) is 0 Å². The largest absolute Gasteiger partial charge is 0.352 e. The SMILES string of the molecule is CCC(CC)NC(=O)CNCCNC(N)=O. The Morgan fingerprint density at radius 2 is 1.81 bits per heavy atom. The molecular weight excluding hydrogens is 208 g/mol. The highest BCUT2D eigenvalue weighted by molar-refractivity contribution is 5.78. The molecule has 0 bridgehead atoms. The molecule has 0 aromatic carbocycles. The Labute approximate surface area is 96.3 Å². The van der Waals surface area contributed by atoms with Crippen molar-refractivity contribution in [3.63, 3.8) is 0 Å². The number of carbonyl (C=O) groups excluding carboxylic acids is 2. The predicted octanol–water partition coefficient (Wildman–Crippen LogP) is -0.451. The predicted molar refractivity (Wildman–Crippen MR) is 63.0 cm³/mol. The molecule has 3 amide bonds. The van der Waals surface area contributed by atoms with Crippen molar-refractivity contribution < 1.29 is 9.59 Å². The molecule has 0 unspecified atom stereocenters. The lowest BCUT2D eigenvalue weighted by Crippen LogP contribution is -2.42. The minimum atomic E-state index is -0.553. The van der Waals surface area contributed by atoms with Crippen LogP contribution in [0.15, 0.2) is 0 Å². The molecule has 0 atom stereocenters. The summed E-state index contributed by atoms with van der Waals surface area (Å²) in [5.41, 5.74) is 4.88. The van der Waals surface area contributed by atoms with Crippen LogP contribution in [0.25, 0.3) is 0 Å². The average molecular weight is 230 g/mol. The van der Waals surface area contributed by atoms with Gasteiger partial charge in [0, 0.05) is 19.1 Å². The zero-order valence-electron chi connectivity index (χ0n) is 10.0. The van der Waals surface area contributed by atoms with Crippen molar-refractivity contribution in [2.45, 2.75) is 32.7 Å². The van der Waals surface area contributed by atoms with Gasteiger partial charge in [0.2, 0.25) is 5.91 Å². The number of primary amides is 1. The van der Waals surface area contributed by atoms with Gasteiger partial charge in [0.05, 0.1) is 6.54 Å². The van der Waals surface area contributed by atoms with Gasteiger partial charge in [0.25, 0.3) is 0 Å². The summed E-state index contributed by atoms with van der Waals surface area (Å²) < 4.78 is 0. The van der Waals surface area contributed by atoms with Gasteiger partial charge in [0.15, 0.2) is 0 Å². The number of amides is 3. The Kier molecular flexibility index (Phi) is 8.24. The molecule has 0 heterocycles. The van der Waals surface area contributed by atoms with Gasteiger partial charge in [-0.25, -0.2) is 4.79 Å². The zero-order valence-corrected chi connectivity index (χ0v) is 10.0. The topological polar surface area (TPSA) is 96.2 Å². The summed E-state index contributed by atoms with van der Waals surface area (Å²) in [6.07, 6.45) is 1.87. The van der Waals surface area contributed by atoms with E-state index >= 15 is 0 Å². The summed E-state index contributed by atoms with van der Waals surface area (Å²) in [7, 11) is 0. The first kappa shape index (κ1) is 14.7. The highest BCUT2D eigenvalue weighted by Gasteiger charge is 2.06. The molecule has 6 heteroatoms. The molecule has 5 N–H and O–H groups in total. The van der Waals surface area contributed by atoms with Gasteiger partial charge in [-0.05, 0) is 12.8 Å². The molecule has 0 rings (SSSR count). The lowest BCUT2D eigenvalue weighted by Gasteiger charge is -2.14. The second kappa shape index (κ2) is 8.96. The van der Waals surface area contributed by atoms with Crippen LogP contribution < -0.4 is 21.7 Å². The van der Waals surface area contributed by atoms with Crippen LogP contribution >= 0.6 is 0 Å². The maximum atomic E-state index is 11.4. The highest BCUT2D eigenvalue weighted by Crippen LogP contribution is 1.94. The molecule has 0 aliphatic heterocycles. The van der Waals surface area contributed by atoms with Crippen LogP contribution in [0.5, 0.6) is 0 Å². The number of hydrogen-bond donors (Lipinski definition) is 4. The van der Waals surface area contributed by atoms with Crippen LogP contribution in [0, 0.1) is 0 Å². The first-order valence-electron chi connectivity index (χ1n) is 5.63. The quantitative estimate of drug-likeness (QED) is 0.425. The third-order valence-corrected chi connectivity index (χ3v) is 2.24. The summed E-state index contributed by atoms with van der Waals surface area (Å²) in [5.74, 6) is -0.0206. The molecule has 0 spiro atoms. The minimum Gasteiger partial charge on any atom is -0.352 e. The molecule has 0 aromatic heterocycles. The third kappa shape index (κ3) is 8.05. The van der Waals surface area contributed by atoms with E-state index in [1.807, 2.05) is 13.8 Å². The monoisotopic (exact) mass is 230 g/mol. The van der Waals surface area contributed by atoms with Gasteiger partial charge in [-0.3, -0.25) is 4.79 Å². The summed E-state index contributed by atoms with van der Waals surface area (Å²) in [4.78, 5) is 21.7. The number of nitrogens with one attached hydrogen (secondary N) is 3. The third-order valence-electron chi connectivity index (χ3n) is 2.24. The van der Waals surface area contributed by atoms with Gasteiger partial charge in [-0.2, -0.15) is 0 Å². The van der Waals surface area contributed by atoms with Crippen molar-refractivity contribution in [1.82, 2.24) is 16.0 Å². The summed E-state index contributed by atoms with van der Waals surface area (Å²) in [6, 6.07) is -0.304. The Morgan fingerprint density at radius 3 is 2.31 bits per heavy atom. The van der Waals surface area contributed by atoms with Gasteiger partial charge in [-0.1, -0.05) is 13.8 Å². The van der Waals surface area contributed by atoms with E-state index in [1.54, 1.807) is 0 Å². The van der Waals surface area contributed by atoms with Gasteiger partial charge >= 0.3 is 6.03 Å². The number of nitrogens with two attached hydrogens (primary N) is 1. The molecule has 0 aromatic rings. The van der Waals surface area contributed by atoms with Crippen molar-refractivity contribution in [3.8, 4) is 0 Å². The van der Waals surface area contributed by atoms with Crippen LogP contribution in [0.3, 0.4) is 0 Å². The lowest BCUT2D eigenvalue weighted by atomic mass is 10.2. The second-order valence-corrected chi connectivity index (χ2v) is 3.55. The van der Waals surface area contributed by atoms with Crippen molar-refractivity contribution in [3.05, 3.63) is 0 Å². The molecule has 0 aliphatic rings. The molecular formula is C10H22N4O2. The van der Waals surface area contributed by atoms with Crippen LogP contribution in [-0.4, -0.2) is 37.6 Å². The van der Waals surface area contributed by atoms with E-state index in [2.05, 4.69) is 16.0 Å². The Hall–Kier alpha value is -1.30. The smallest absolute Gasteiger partial charge is 0.312 e. The molecule has 0 saturated heterocycles. The standard InChI is InChI=1S/C10H22N4O2/c1-3-8(4-2)14-9(15)7-12-5-6-13-10(11)16/h8,12H,3-7H2,1-2H3,(H,14,15)(H3,11,13,16). The normalized spacial score (nSPS) is 10.2. The van der Waals surface area contributed by atoms with Crippen molar-refractivity contribution in [2.75, 3.05) is 19.6 Å². The maximum absolute atomic E-state index is 11.4. The average Bonchev–Trinajstić information content (AvgIpc) is 2.25. The summed E-state index contributed by atoms with van der Waals surface area (Å²) in [6.45, 7) is 5.29. The molecule has 16 heavy (non-hydrogen) atoms. The number of hydrogen-bond acceptors (Lipinski definition) is 3. The summed E-state index contributed by atoms with van der Waals surface area (Å²) in [5, 5.41) is 8.24. The fourth-order valence-electron chi connectivity index (χ4n) is 1.25. The fourth-order valence-corrected chi connectivity index (χ4v) is 1.25. The fraction of sp³-hybridized carbons (Fsp3) is 0.800. The van der Waals surface area contributed by atoms with E-state index in [4.69, 9.17) is 5.73 Å². The van der Waals surface area contributed by atoms with Gasteiger partial charge < -0.3 is 21.7 Å². The number of rotatable bonds is 8. The van der Waals surface area contributed by atoms with Crippen molar-refractivity contribution >= 4 is 11.9 Å². The van der Waals surface area contributed by atoms with Crippen LogP contribution in [0.1, 0.15) is 26.7 Å². The molecule has 0 aliphatic carbocycles. The first-order valence-corrected chi connectivity index (χ1v) is 5.63. The number of carbonyl (C=O) groups is 2. The maximum Gasteiger partial charge on any atom is 0.312 e. The van der Waals surface area contributed by atoms with Crippen molar-refractivity contribution in [1.29, 1.82) is 0 Å². The van der Waals surface area contributed by atoms with E-state index in [9.17, 15) is 9.59 Å². The Balaban J connectivity index is 3.46. The first-order chi connectivity index (χ1) is 7.60. The van der Waals surface area contributed by atoms with E-state index in [0.29, 0.717) is 13.1 Å². The zero-order chi connectivity index (χ0) is 12.4. The van der Waals surface area contributed by atoms with E-state index in [1.165, 1.54) is 0 Å². The van der Waals surface area contributed by atoms with Crippen LogP contribution in [-0.2, 0) is 4.79 Å². The molecule has 0 radical (unpaired) electrons. The molecule has 0 fully saturated rings. The minimum absolute atomic E-state index is 0.0206. The molecule has 94 valence electrons. The van der Waals surface area contributed by atoms with Gasteiger partial charge in [-0.15, -0.1) is 0 Å². The van der Waals surface area contributed by atoms with Gasteiger partial charge in [0.1, 0.15) is 0 Å². The Morgan fingerprint density at radius 1 is 1.19 bits per heavy atom. The van der Waals surface area contributed by atoms with E-state index < -0.39 is 6.03 Å². The molecule has 0 saturated carbocycles. The van der Waals surface area contributed by atoms with Crippen molar-refractivity contribution in [2.24, 2.45) is 5.73 Å². The Bertz CT molecular complexity index is 217. The number of urea groups is 1.